The summed E-state index contributed by atoms with van der Waals surface area (Å²) in [5.41, 5.74) is 6.02. The van der Waals surface area contributed by atoms with Crippen molar-refractivity contribution in [3.8, 4) is 5.75 Å². The molecule has 0 aromatic heterocycles. The highest BCUT2D eigenvalue weighted by molar-refractivity contribution is 6.30. The Morgan fingerprint density at radius 3 is 2.70 bits per heavy atom. The van der Waals surface area contributed by atoms with E-state index in [0.29, 0.717) is 23.9 Å². The Morgan fingerprint density at radius 2 is 2.10 bits per heavy atom. The molecule has 1 heterocycles. The van der Waals surface area contributed by atoms with Crippen molar-refractivity contribution in [3.05, 3.63) is 29.3 Å². The summed E-state index contributed by atoms with van der Waals surface area (Å²) >= 11 is 5.80. The number of amides is 1. The van der Waals surface area contributed by atoms with E-state index < -0.39 is 0 Å². The van der Waals surface area contributed by atoms with E-state index in [0.717, 1.165) is 6.42 Å². The van der Waals surface area contributed by atoms with Crippen LogP contribution in [0.25, 0.3) is 0 Å². The Morgan fingerprint density at radius 1 is 1.45 bits per heavy atom. The van der Waals surface area contributed by atoms with Gasteiger partial charge in [0.15, 0.2) is 6.61 Å². The van der Waals surface area contributed by atoms with E-state index in [9.17, 15) is 4.79 Å². The number of halogens is 1. The van der Waals surface area contributed by atoms with Crippen LogP contribution in [0.3, 0.4) is 0 Å². The lowest BCUT2D eigenvalue weighted by molar-refractivity contribution is -0.136. The number of rotatable bonds is 3. The number of likely N-dealkylation sites (tertiary alicyclic amines) is 1. The summed E-state index contributed by atoms with van der Waals surface area (Å²) in [5, 5.41) is 0.649. The minimum absolute atomic E-state index is 0.0000694. The largest absolute Gasteiger partial charge is 0.484 e. The van der Waals surface area contributed by atoms with Gasteiger partial charge in [-0.15, -0.1) is 0 Å². The molecule has 1 aromatic rings. The van der Waals surface area contributed by atoms with Crippen LogP contribution in [0.15, 0.2) is 24.3 Å². The van der Waals surface area contributed by atoms with Crippen molar-refractivity contribution in [3.63, 3.8) is 0 Å². The molecule has 1 amide bonds. The number of carbonyl (C=O) groups is 1. The summed E-state index contributed by atoms with van der Waals surface area (Å²) < 4.78 is 5.49. The predicted molar refractivity (Wildman–Crippen MR) is 79.9 cm³/mol. The first-order chi connectivity index (χ1) is 9.38. The molecular formula is C15H21ClN2O2. The van der Waals surface area contributed by atoms with Crippen LogP contribution in [0.5, 0.6) is 5.75 Å². The Balaban J connectivity index is 1.87. The Kier molecular flexibility index (Phi) is 4.55. The quantitative estimate of drug-likeness (QED) is 0.931. The second kappa shape index (κ2) is 6.02. The smallest absolute Gasteiger partial charge is 0.260 e. The van der Waals surface area contributed by atoms with Gasteiger partial charge in [0.05, 0.1) is 0 Å². The minimum Gasteiger partial charge on any atom is -0.484 e. The zero-order chi connectivity index (χ0) is 14.8. The first-order valence-electron chi connectivity index (χ1n) is 6.80. The first kappa shape index (κ1) is 15.1. The second-order valence-electron chi connectivity index (χ2n) is 5.94. The van der Waals surface area contributed by atoms with Gasteiger partial charge in [0, 0.05) is 24.2 Å². The molecule has 1 saturated heterocycles. The predicted octanol–water partition coefficient (Wildman–Crippen LogP) is 2.30. The van der Waals surface area contributed by atoms with Crippen LogP contribution in [0.4, 0.5) is 0 Å². The van der Waals surface area contributed by atoms with Crippen molar-refractivity contribution in [2.45, 2.75) is 26.3 Å². The third-order valence-electron chi connectivity index (χ3n) is 3.84. The normalized spacial score (nSPS) is 21.6. The van der Waals surface area contributed by atoms with Crippen molar-refractivity contribution in [2.75, 3.05) is 19.7 Å². The van der Waals surface area contributed by atoms with Gasteiger partial charge in [0.1, 0.15) is 5.75 Å². The molecule has 0 aliphatic carbocycles. The number of hydrogen-bond acceptors (Lipinski definition) is 3. The fourth-order valence-electron chi connectivity index (χ4n) is 2.35. The van der Waals surface area contributed by atoms with Gasteiger partial charge in [-0.2, -0.15) is 0 Å². The molecule has 110 valence electrons. The first-order valence-corrected chi connectivity index (χ1v) is 7.18. The van der Waals surface area contributed by atoms with Gasteiger partial charge in [-0.3, -0.25) is 4.79 Å². The molecule has 1 atom stereocenters. The summed E-state index contributed by atoms with van der Waals surface area (Å²) in [6.07, 6.45) is 0.833. The van der Waals surface area contributed by atoms with E-state index in [1.54, 1.807) is 24.3 Å². The fraction of sp³-hybridized carbons (Fsp3) is 0.533. The molecule has 1 aromatic carbocycles. The van der Waals surface area contributed by atoms with Gasteiger partial charge in [-0.25, -0.2) is 0 Å². The number of piperidine rings is 1. The van der Waals surface area contributed by atoms with Crippen molar-refractivity contribution in [1.29, 1.82) is 0 Å². The number of benzene rings is 1. The fourth-order valence-corrected chi connectivity index (χ4v) is 2.48. The van der Waals surface area contributed by atoms with Crippen LogP contribution in [0.1, 0.15) is 20.3 Å². The maximum Gasteiger partial charge on any atom is 0.260 e. The van der Waals surface area contributed by atoms with Crippen molar-refractivity contribution < 1.29 is 9.53 Å². The van der Waals surface area contributed by atoms with E-state index in [1.165, 1.54) is 0 Å². The lowest BCUT2D eigenvalue weighted by atomic mass is 9.80. The highest BCUT2D eigenvalue weighted by Crippen LogP contribution is 2.27. The second-order valence-corrected chi connectivity index (χ2v) is 6.38. The maximum atomic E-state index is 12.2. The van der Waals surface area contributed by atoms with Crippen LogP contribution in [0, 0.1) is 5.41 Å². The Labute approximate surface area is 124 Å². The van der Waals surface area contributed by atoms with Gasteiger partial charge < -0.3 is 15.4 Å². The molecular weight excluding hydrogens is 276 g/mol. The molecule has 0 bridgehead atoms. The number of nitrogens with zero attached hydrogens (tertiary/aromatic N) is 1. The molecule has 1 unspecified atom stereocenters. The molecule has 0 saturated carbocycles. The van der Waals surface area contributed by atoms with Gasteiger partial charge >= 0.3 is 0 Å². The molecule has 2 N–H and O–H groups in total. The van der Waals surface area contributed by atoms with Crippen LogP contribution in [0.2, 0.25) is 5.02 Å². The molecule has 4 nitrogen and oxygen atoms in total. The number of hydrogen-bond donors (Lipinski definition) is 1. The molecule has 1 fully saturated rings. The van der Waals surface area contributed by atoms with E-state index in [2.05, 4.69) is 13.8 Å². The molecule has 0 spiro atoms. The monoisotopic (exact) mass is 296 g/mol. The number of carbonyl (C=O) groups excluding carboxylic acids is 1. The molecule has 20 heavy (non-hydrogen) atoms. The molecule has 1 aliphatic heterocycles. The van der Waals surface area contributed by atoms with E-state index in [4.69, 9.17) is 22.1 Å². The Bertz CT molecular complexity index is 473. The topological polar surface area (TPSA) is 55.6 Å². The maximum absolute atomic E-state index is 12.2. The lowest BCUT2D eigenvalue weighted by Crippen LogP contribution is -2.54. The van der Waals surface area contributed by atoms with Crippen molar-refractivity contribution >= 4 is 17.5 Å². The molecule has 5 heteroatoms. The standard InChI is InChI=1S/C15H21ClN2O2/c1-15(2)10-18(8-7-13(15)17)14(19)9-20-12-5-3-11(16)4-6-12/h3-6,13H,7-10,17H2,1-2H3. The third kappa shape index (κ3) is 3.64. The zero-order valence-corrected chi connectivity index (χ0v) is 12.7. The SMILES string of the molecule is CC1(C)CN(C(=O)COc2ccc(Cl)cc2)CCC1N. The summed E-state index contributed by atoms with van der Waals surface area (Å²) in [6, 6.07) is 7.13. The third-order valence-corrected chi connectivity index (χ3v) is 4.09. The van der Waals surface area contributed by atoms with Crippen molar-refractivity contribution in [1.82, 2.24) is 4.90 Å². The van der Waals surface area contributed by atoms with E-state index in [-0.39, 0.29) is 24.0 Å². The average molecular weight is 297 g/mol. The zero-order valence-electron chi connectivity index (χ0n) is 11.9. The van der Waals surface area contributed by atoms with E-state index in [1.807, 2.05) is 4.90 Å². The Hall–Kier alpha value is -1.26. The van der Waals surface area contributed by atoms with Crippen LogP contribution < -0.4 is 10.5 Å². The number of nitrogens with two attached hydrogens (primary N) is 1. The van der Waals surface area contributed by atoms with Gasteiger partial charge in [0.25, 0.3) is 5.91 Å². The highest BCUT2D eigenvalue weighted by atomic mass is 35.5. The van der Waals surface area contributed by atoms with Crippen LogP contribution in [-0.4, -0.2) is 36.5 Å². The molecule has 0 radical (unpaired) electrons. The van der Waals surface area contributed by atoms with Gasteiger partial charge in [-0.1, -0.05) is 25.4 Å². The highest BCUT2D eigenvalue weighted by Gasteiger charge is 2.35. The number of ether oxygens (including phenoxy) is 1. The minimum atomic E-state index is -0.0474. The average Bonchev–Trinajstić information content (AvgIpc) is 2.41. The summed E-state index contributed by atoms with van der Waals surface area (Å²) in [6.45, 7) is 5.62. The summed E-state index contributed by atoms with van der Waals surface area (Å²) in [7, 11) is 0. The lowest BCUT2D eigenvalue weighted by Gasteiger charge is -2.42. The van der Waals surface area contributed by atoms with Gasteiger partial charge in [-0.05, 0) is 36.1 Å². The van der Waals surface area contributed by atoms with Crippen LogP contribution in [-0.2, 0) is 4.79 Å². The van der Waals surface area contributed by atoms with E-state index >= 15 is 0 Å². The summed E-state index contributed by atoms with van der Waals surface area (Å²) in [5.74, 6) is 0.649. The van der Waals surface area contributed by atoms with Crippen LogP contribution >= 0.6 is 11.6 Å². The summed E-state index contributed by atoms with van der Waals surface area (Å²) in [4.78, 5) is 14.0. The molecule has 1 aliphatic rings. The van der Waals surface area contributed by atoms with Gasteiger partial charge in [0.2, 0.25) is 0 Å². The van der Waals surface area contributed by atoms with Crippen molar-refractivity contribution in [2.24, 2.45) is 11.1 Å². The molecule has 2 rings (SSSR count).